The number of carbonyl (C=O) groups is 1. The Morgan fingerprint density at radius 2 is 2.05 bits per heavy atom. The number of hydrogen-bond donors (Lipinski definition) is 1. The van der Waals surface area contributed by atoms with Crippen LogP contribution in [-0.2, 0) is 10.0 Å². The third-order valence-electron chi connectivity index (χ3n) is 2.80. The van der Waals surface area contributed by atoms with Gasteiger partial charge in [0.25, 0.3) is 5.91 Å². The van der Waals surface area contributed by atoms with Gasteiger partial charge < -0.3 is 0 Å². The number of aromatic nitrogens is 1. The van der Waals surface area contributed by atoms with Crippen molar-refractivity contribution in [3.05, 3.63) is 39.9 Å². The summed E-state index contributed by atoms with van der Waals surface area (Å²) < 4.78 is 25.3. The third kappa shape index (κ3) is 3.46. The summed E-state index contributed by atoms with van der Waals surface area (Å²) >= 11 is 7.29. The molecule has 0 atom stereocenters. The van der Waals surface area contributed by atoms with E-state index >= 15 is 0 Å². The Morgan fingerprint density at radius 3 is 2.59 bits per heavy atom. The van der Waals surface area contributed by atoms with E-state index in [1.807, 2.05) is 6.92 Å². The number of hydrogen-bond acceptors (Lipinski definition) is 5. The van der Waals surface area contributed by atoms with E-state index in [4.69, 9.17) is 11.6 Å². The topological polar surface area (TPSA) is 79.4 Å². The smallest absolute Gasteiger partial charge is 0.259 e. The Bertz CT molecular complexity index is 816. The molecule has 0 saturated carbocycles. The van der Waals surface area contributed by atoms with Crippen LogP contribution in [0.3, 0.4) is 0 Å². The second kappa shape index (κ2) is 6.33. The maximum atomic E-state index is 12.3. The number of benzene rings is 1. The number of rotatable bonds is 4. The molecule has 0 aliphatic carbocycles. The number of thiazole rings is 1. The average Bonchev–Trinajstić information content (AvgIpc) is 2.84. The molecule has 0 bridgehead atoms. The van der Waals surface area contributed by atoms with Gasteiger partial charge in [0.1, 0.15) is 0 Å². The van der Waals surface area contributed by atoms with Gasteiger partial charge >= 0.3 is 0 Å². The molecule has 1 aromatic carbocycles. The number of halogens is 1. The fraction of sp³-hybridized carbons (Fsp3) is 0.231. The van der Waals surface area contributed by atoms with E-state index in [-0.39, 0.29) is 15.5 Å². The number of anilines is 1. The quantitative estimate of drug-likeness (QED) is 0.910. The van der Waals surface area contributed by atoms with Gasteiger partial charge in [-0.05, 0) is 25.1 Å². The molecule has 0 fully saturated rings. The van der Waals surface area contributed by atoms with Crippen molar-refractivity contribution >= 4 is 44.0 Å². The van der Waals surface area contributed by atoms with E-state index < -0.39 is 15.9 Å². The predicted molar refractivity (Wildman–Crippen MR) is 87.1 cm³/mol. The monoisotopic (exact) mass is 359 g/mol. The molecule has 0 radical (unpaired) electrons. The number of aryl methyl sites for hydroxylation is 1. The van der Waals surface area contributed by atoms with Crippen LogP contribution in [0.4, 0.5) is 5.13 Å². The zero-order valence-electron chi connectivity index (χ0n) is 12.1. The van der Waals surface area contributed by atoms with Gasteiger partial charge in [-0.1, -0.05) is 11.6 Å². The SMILES string of the molecule is Cc1csc(NC(=O)c2cc(S(=O)(=O)N(C)C)ccc2Cl)n1. The highest BCUT2D eigenvalue weighted by Crippen LogP contribution is 2.24. The van der Waals surface area contributed by atoms with Crippen LogP contribution in [0.5, 0.6) is 0 Å². The lowest BCUT2D eigenvalue weighted by molar-refractivity contribution is 0.102. The molecule has 0 aliphatic rings. The van der Waals surface area contributed by atoms with Gasteiger partial charge in [0.05, 0.1) is 21.2 Å². The highest BCUT2D eigenvalue weighted by Gasteiger charge is 2.21. The number of sulfonamides is 1. The van der Waals surface area contributed by atoms with Crippen LogP contribution in [0, 0.1) is 6.92 Å². The summed E-state index contributed by atoms with van der Waals surface area (Å²) in [5, 5.41) is 5.00. The van der Waals surface area contributed by atoms with Crippen LogP contribution in [0.25, 0.3) is 0 Å². The normalized spacial score (nSPS) is 11.7. The van der Waals surface area contributed by atoms with Gasteiger partial charge in [-0.15, -0.1) is 11.3 Å². The summed E-state index contributed by atoms with van der Waals surface area (Å²) in [6.07, 6.45) is 0. The molecule has 2 aromatic rings. The van der Waals surface area contributed by atoms with Crippen LogP contribution >= 0.6 is 22.9 Å². The van der Waals surface area contributed by atoms with E-state index in [9.17, 15) is 13.2 Å². The van der Waals surface area contributed by atoms with Crippen molar-refractivity contribution < 1.29 is 13.2 Å². The van der Waals surface area contributed by atoms with E-state index in [1.165, 1.54) is 43.6 Å². The van der Waals surface area contributed by atoms with Crippen molar-refractivity contribution in [3.63, 3.8) is 0 Å². The lowest BCUT2D eigenvalue weighted by Gasteiger charge is -2.13. The predicted octanol–water partition coefficient (Wildman–Crippen LogP) is 2.61. The minimum absolute atomic E-state index is 0.00219. The summed E-state index contributed by atoms with van der Waals surface area (Å²) in [7, 11) is -0.799. The molecule has 1 heterocycles. The fourth-order valence-corrected chi connectivity index (χ4v) is 3.44. The van der Waals surface area contributed by atoms with Crippen LogP contribution in [0.15, 0.2) is 28.5 Å². The Labute approximate surface area is 137 Å². The number of amides is 1. The van der Waals surface area contributed by atoms with Crippen molar-refractivity contribution in [1.82, 2.24) is 9.29 Å². The van der Waals surface area contributed by atoms with E-state index in [0.717, 1.165) is 10.00 Å². The minimum atomic E-state index is -3.64. The summed E-state index contributed by atoms with van der Waals surface area (Å²) in [5.74, 6) is -0.504. The highest BCUT2D eigenvalue weighted by molar-refractivity contribution is 7.89. The van der Waals surface area contributed by atoms with E-state index in [0.29, 0.717) is 5.13 Å². The lowest BCUT2D eigenvalue weighted by Crippen LogP contribution is -2.23. The van der Waals surface area contributed by atoms with Crippen LogP contribution in [0.1, 0.15) is 16.1 Å². The number of nitrogens with zero attached hydrogens (tertiary/aromatic N) is 2. The largest absolute Gasteiger partial charge is 0.298 e. The van der Waals surface area contributed by atoms with Gasteiger partial charge in [0, 0.05) is 19.5 Å². The first-order valence-electron chi connectivity index (χ1n) is 6.17. The van der Waals surface area contributed by atoms with Crippen LogP contribution in [-0.4, -0.2) is 37.7 Å². The average molecular weight is 360 g/mol. The van der Waals surface area contributed by atoms with Gasteiger partial charge in [-0.3, -0.25) is 10.1 Å². The van der Waals surface area contributed by atoms with Crippen LogP contribution < -0.4 is 5.32 Å². The van der Waals surface area contributed by atoms with Crippen molar-refractivity contribution in [3.8, 4) is 0 Å². The number of carbonyl (C=O) groups excluding carboxylic acids is 1. The lowest BCUT2D eigenvalue weighted by atomic mass is 10.2. The second-order valence-electron chi connectivity index (χ2n) is 4.68. The van der Waals surface area contributed by atoms with E-state index in [1.54, 1.807) is 5.38 Å². The zero-order valence-corrected chi connectivity index (χ0v) is 14.5. The maximum absolute atomic E-state index is 12.3. The third-order valence-corrected chi connectivity index (χ3v) is 5.82. The molecule has 0 saturated heterocycles. The molecule has 2 rings (SSSR count). The van der Waals surface area contributed by atoms with Crippen LogP contribution in [0.2, 0.25) is 5.02 Å². The summed E-state index contributed by atoms with van der Waals surface area (Å²) in [5.41, 5.74) is 0.868. The van der Waals surface area contributed by atoms with Crippen molar-refractivity contribution in [2.75, 3.05) is 19.4 Å². The number of nitrogens with one attached hydrogen (secondary N) is 1. The molecule has 22 heavy (non-hydrogen) atoms. The first kappa shape index (κ1) is 16.9. The first-order valence-corrected chi connectivity index (χ1v) is 8.87. The maximum Gasteiger partial charge on any atom is 0.259 e. The first-order chi connectivity index (χ1) is 10.2. The van der Waals surface area contributed by atoms with Gasteiger partial charge in [0.15, 0.2) is 5.13 Å². The molecule has 6 nitrogen and oxygen atoms in total. The summed E-state index contributed by atoms with van der Waals surface area (Å²) in [6, 6.07) is 4.01. The molecular weight excluding hydrogens is 346 g/mol. The van der Waals surface area contributed by atoms with Gasteiger partial charge in [-0.2, -0.15) is 0 Å². The second-order valence-corrected chi connectivity index (χ2v) is 8.09. The molecular formula is C13H14ClN3O3S2. The Hall–Kier alpha value is -1.48. The fourth-order valence-electron chi connectivity index (χ4n) is 1.63. The Morgan fingerprint density at radius 1 is 1.36 bits per heavy atom. The molecule has 9 heteroatoms. The standard InChI is InChI=1S/C13H14ClN3O3S2/c1-8-7-21-13(15-8)16-12(18)10-6-9(4-5-11(10)14)22(19,20)17(2)3/h4-7H,1-3H3,(H,15,16,18). The zero-order chi connectivity index (χ0) is 16.5. The van der Waals surface area contributed by atoms with E-state index in [2.05, 4.69) is 10.3 Å². The minimum Gasteiger partial charge on any atom is -0.298 e. The molecule has 0 unspecified atom stereocenters. The summed E-state index contributed by atoms with van der Waals surface area (Å²) in [4.78, 5) is 16.4. The van der Waals surface area contributed by atoms with Crippen molar-refractivity contribution in [1.29, 1.82) is 0 Å². The highest BCUT2D eigenvalue weighted by atomic mass is 35.5. The van der Waals surface area contributed by atoms with Gasteiger partial charge in [-0.25, -0.2) is 17.7 Å². The molecule has 0 spiro atoms. The van der Waals surface area contributed by atoms with Crippen molar-refractivity contribution in [2.45, 2.75) is 11.8 Å². The Kier molecular flexibility index (Phi) is 4.86. The van der Waals surface area contributed by atoms with Crippen molar-refractivity contribution in [2.24, 2.45) is 0 Å². The Balaban J connectivity index is 2.36. The molecule has 1 aromatic heterocycles. The molecule has 1 N–H and O–H groups in total. The molecule has 118 valence electrons. The van der Waals surface area contributed by atoms with Gasteiger partial charge in [0.2, 0.25) is 10.0 Å². The summed E-state index contributed by atoms with van der Waals surface area (Å²) in [6.45, 7) is 1.81. The molecule has 1 amide bonds. The molecule has 0 aliphatic heterocycles.